The molecule has 8 rings (SSSR count). The number of benzene rings is 2. The molecule has 2 amide bonds. The molecular formula is C54H76ClN18O6-. The minimum absolute atomic E-state index is 0. The summed E-state index contributed by atoms with van der Waals surface area (Å²) in [5, 5.41) is 31.9. The Hall–Kier alpha value is -6.98. The molecule has 2 fully saturated rings. The van der Waals surface area contributed by atoms with Gasteiger partial charge in [0.25, 0.3) is 0 Å². The molecule has 0 spiro atoms. The minimum atomic E-state index is -0.721. The van der Waals surface area contributed by atoms with Gasteiger partial charge in [0.1, 0.15) is 24.4 Å². The van der Waals surface area contributed by atoms with Gasteiger partial charge in [-0.05, 0) is 79.8 Å². The number of H-pyrrole nitrogens is 1. The number of terminal acetylenes is 1. The number of amides is 2. The van der Waals surface area contributed by atoms with Crippen LogP contribution in [0.2, 0.25) is 0 Å². The number of unbranched alkanes of at least 4 members (excludes halogenated alkanes) is 1. The molecule has 0 aliphatic carbocycles. The van der Waals surface area contributed by atoms with Crippen LogP contribution < -0.4 is 44.7 Å². The van der Waals surface area contributed by atoms with Crippen LogP contribution in [0.3, 0.4) is 0 Å². The number of aromatic nitrogens is 10. The van der Waals surface area contributed by atoms with Crippen molar-refractivity contribution < 1.29 is 41.3 Å². The van der Waals surface area contributed by atoms with Crippen molar-refractivity contribution in [3.8, 4) is 18.1 Å². The summed E-state index contributed by atoms with van der Waals surface area (Å²) in [4.78, 5) is 55.3. The number of fused-ring (bicyclic) bond motifs is 1. The molecule has 0 saturated carbocycles. The smallest absolute Gasteiger partial charge is 0.248 e. The van der Waals surface area contributed by atoms with Gasteiger partial charge in [-0.1, -0.05) is 60.5 Å². The number of hydrogen-bond donors (Lipinski definition) is 6. The molecule has 0 radical (unpaired) electrons. The number of phenols is 1. The van der Waals surface area contributed by atoms with Crippen molar-refractivity contribution in [2.45, 2.75) is 76.5 Å². The van der Waals surface area contributed by atoms with Gasteiger partial charge in [0.2, 0.25) is 29.7 Å². The number of phenolic OH excluding ortho intramolecular Hbond substituents is 1. The number of nitrogens with one attached hydrogen (secondary N) is 2. The molecule has 79 heavy (non-hydrogen) atoms. The summed E-state index contributed by atoms with van der Waals surface area (Å²) < 4.78 is 19.9. The summed E-state index contributed by atoms with van der Waals surface area (Å²) in [6, 6.07) is 14.9. The Bertz CT molecular complexity index is 2830. The van der Waals surface area contributed by atoms with Crippen molar-refractivity contribution in [3.05, 3.63) is 89.6 Å². The van der Waals surface area contributed by atoms with Crippen LogP contribution in [-0.2, 0) is 36.6 Å². The maximum Gasteiger partial charge on any atom is 0.248 e. The van der Waals surface area contributed by atoms with Crippen molar-refractivity contribution in [2.24, 2.45) is 23.1 Å². The van der Waals surface area contributed by atoms with Gasteiger partial charge in [-0.3, -0.25) is 9.59 Å². The van der Waals surface area contributed by atoms with Gasteiger partial charge >= 0.3 is 0 Å². The number of carbonyl (C=O) groups excluding carboxylic acids is 2. The second kappa shape index (κ2) is 29.8. The normalized spacial score (nSPS) is 15.5. The molecule has 4 atom stereocenters. The predicted octanol–water partition coefficient (Wildman–Crippen LogP) is -0.220. The maximum absolute atomic E-state index is 14.8. The van der Waals surface area contributed by atoms with E-state index >= 15 is 0 Å². The zero-order valence-corrected chi connectivity index (χ0v) is 46.0. The molecule has 2 saturated heterocycles. The molecule has 2 aromatic carbocycles. The van der Waals surface area contributed by atoms with Gasteiger partial charge in [-0.25, -0.2) is 9.36 Å². The second-order valence-electron chi connectivity index (χ2n) is 20.2. The first-order chi connectivity index (χ1) is 38.0. The Morgan fingerprint density at radius 3 is 1.94 bits per heavy atom. The van der Waals surface area contributed by atoms with E-state index < -0.39 is 18.1 Å². The Morgan fingerprint density at radius 1 is 0.747 bits per heavy atom. The lowest BCUT2D eigenvalue weighted by Crippen LogP contribution is -3.00. The van der Waals surface area contributed by atoms with Crippen LogP contribution in [0, 0.1) is 18.3 Å². The number of aromatic hydroxyl groups is 1. The van der Waals surface area contributed by atoms with Crippen LogP contribution in [0.15, 0.2) is 67.0 Å². The number of nitrogens with two attached hydrogens (primary N) is 3. The van der Waals surface area contributed by atoms with Crippen LogP contribution in [0.25, 0.3) is 10.9 Å². The Kier molecular flexibility index (Phi) is 22.5. The monoisotopic (exact) mass is 1110 g/mol. The summed E-state index contributed by atoms with van der Waals surface area (Å²) in [5.41, 5.74) is 23.0. The van der Waals surface area contributed by atoms with Gasteiger partial charge in [-0.2, -0.15) is 15.0 Å². The maximum atomic E-state index is 14.8. The number of nitrogens with zero attached hydrogens (tertiary/aromatic N) is 13. The molecule has 9 N–H and O–H groups in total. The SMILES string of the molecule is C#CCOCCOCCOCCNc1nc(N2CCN(C(=O)[C@H](CCCCN)n3cc([C@@H](N)CC(C)C)nn3)CC2)nc(N2CCN(C(=O)[C@H](Cc3cc4ccccc4[nH]3)n3cc([C@@H](N)Cc4ccc(O)cc4)nn3)CC2)n1.[Cl-]. The summed E-state index contributed by atoms with van der Waals surface area (Å²) in [7, 11) is 0. The number of carbonyl (C=O) groups is 2. The first-order valence-corrected chi connectivity index (χ1v) is 27.1. The van der Waals surface area contributed by atoms with Crippen molar-refractivity contribution >= 4 is 40.6 Å². The number of piperazine rings is 2. The van der Waals surface area contributed by atoms with Crippen LogP contribution in [0.1, 0.15) is 86.3 Å². The van der Waals surface area contributed by atoms with Crippen LogP contribution in [-0.4, -0.2) is 182 Å². The van der Waals surface area contributed by atoms with E-state index in [0.29, 0.717) is 153 Å². The lowest BCUT2D eigenvalue weighted by atomic mass is 10.0. The Morgan fingerprint density at radius 2 is 1.33 bits per heavy atom. The number of para-hydroxylation sites is 1. The standard InChI is InChI=1S/C54H76N18O6.ClH/c1-4-26-76-28-30-78-31-29-77-27-17-58-52-60-53(69-22-18-67(19-23-69)50(74)48(11-7-8-16-55)71-36-46(63-65-71)43(56)32-38(2)3)62-54(61-52)70-24-20-68(21-25-70)51(75)49(35-41-34-40-9-5-6-10-45(40)59-41)72-37-47(64-66-72)44(57)33-39-12-14-42(73)15-13-39;/h1,5-6,9-10,12-15,34,36-38,43-44,48-49,59,73H,7-8,11,16-33,35,55-57H2,2-3H3,(H,58,60,61,62);1H/p-1/t43-,44-,48-,49-;/m0./s1. The fourth-order valence-corrected chi connectivity index (χ4v) is 9.64. The number of ether oxygens (including phenoxy) is 3. The third-order valence-electron chi connectivity index (χ3n) is 13.9. The lowest BCUT2D eigenvalue weighted by Gasteiger charge is -2.38. The van der Waals surface area contributed by atoms with Crippen molar-refractivity contribution in [2.75, 3.05) is 120 Å². The van der Waals surface area contributed by atoms with Gasteiger partial charge in [0.15, 0.2) is 0 Å². The van der Waals surface area contributed by atoms with Crippen molar-refractivity contribution in [3.63, 3.8) is 0 Å². The van der Waals surface area contributed by atoms with Crippen LogP contribution in [0.4, 0.5) is 17.8 Å². The summed E-state index contributed by atoms with van der Waals surface area (Å²) in [6.07, 6.45) is 12.5. The van der Waals surface area contributed by atoms with E-state index in [4.69, 9.17) is 52.8 Å². The van der Waals surface area contributed by atoms with E-state index in [1.807, 2.05) is 52.4 Å². The van der Waals surface area contributed by atoms with E-state index in [1.54, 1.807) is 27.7 Å². The van der Waals surface area contributed by atoms with E-state index in [2.05, 4.69) is 66.6 Å². The topological polar surface area (TPSA) is 301 Å². The highest BCUT2D eigenvalue weighted by Gasteiger charge is 2.34. The average molecular weight is 1110 g/mol. The van der Waals surface area contributed by atoms with E-state index in [1.165, 1.54) is 0 Å². The fourth-order valence-electron chi connectivity index (χ4n) is 9.64. The summed E-state index contributed by atoms with van der Waals surface area (Å²) in [6.45, 7) is 10.9. The highest BCUT2D eigenvalue weighted by molar-refractivity contribution is 5.83. The molecule has 24 nitrogen and oxygen atoms in total. The number of aromatic amines is 1. The van der Waals surface area contributed by atoms with E-state index in [-0.39, 0.29) is 42.6 Å². The number of anilines is 3. The Labute approximate surface area is 467 Å². The molecule has 0 bridgehead atoms. The first-order valence-electron chi connectivity index (χ1n) is 27.1. The largest absolute Gasteiger partial charge is 1.00 e. The Balaban J connectivity index is 0.00000903. The van der Waals surface area contributed by atoms with Gasteiger partial charge in [0, 0.05) is 76.5 Å². The average Bonchev–Trinajstić information content (AvgIpc) is 4.32. The van der Waals surface area contributed by atoms with Gasteiger partial charge in [-0.15, -0.1) is 16.6 Å². The van der Waals surface area contributed by atoms with Gasteiger partial charge < -0.3 is 78.8 Å². The van der Waals surface area contributed by atoms with Crippen molar-refractivity contribution in [1.82, 2.24) is 59.7 Å². The highest BCUT2D eigenvalue weighted by Crippen LogP contribution is 2.27. The summed E-state index contributed by atoms with van der Waals surface area (Å²) in [5.74, 6) is 4.17. The molecule has 4 aromatic heterocycles. The van der Waals surface area contributed by atoms with E-state index in [0.717, 1.165) is 41.4 Å². The third kappa shape index (κ3) is 16.8. The lowest BCUT2D eigenvalue weighted by molar-refractivity contribution is -0.136. The van der Waals surface area contributed by atoms with Crippen LogP contribution in [0.5, 0.6) is 5.75 Å². The third-order valence-corrected chi connectivity index (χ3v) is 13.9. The second-order valence-corrected chi connectivity index (χ2v) is 20.2. The molecular weight excluding hydrogens is 1030 g/mol. The minimum Gasteiger partial charge on any atom is -1.00 e. The first kappa shape index (κ1) is 59.7. The molecule has 25 heteroatoms. The van der Waals surface area contributed by atoms with Crippen molar-refractivity contribution in [1.29, 1.82) is 0 Å². The quantitative estimate of drug-likeness (QED) is 0.0261. The molecule has 2 aliphatic heterocycles. The van der Waals surface area contributed by atoms with E-state index in [9.17, 15) is 14.7 Å². The highest BCUT2D eigenvalue weighted by atomic mass is 35.5. The molecule has 6 aromatic rings. The number of halogens is 1. The predicted molar refractivity (Wildman–Crippen MR) is 295 cm³/mol. The number of hydrogen-bond acceptors (Lipinski definition) is 19. The summed E-state index contributed by atoms with van der Waals surface area (Å²) >= 11 is 0. The molecule has 0 unspecified atom stereocenters. The molecule has 426 valence electrons. The zero-order chi connectivity index (χ0) is 54.8. The van der Waals surface area contributed by atoms with Gasteiger partial charge in [0.05, 0.1) is 68.9 Å². The zero-order valence-electron chi connectivity index (χ0n) is 45.3. The molecule has 6 heterocycles. The fraction of sp³-hybridized carbons (Fsp3) is 0.537. The number of rotatable bonds is 29. The van der Waals surface area contributed by atoms with Crippen LogP contribution >= 0.6 is 0 Å². The molecule has 2 aliphatic rings.